The summed E-state index contributed by atoms with van der Waals surface area (Å²) >= 11 is 2.18. The number of alkyl halides is 1. The Bertz CT molecular complexity index is 551. The van der Waals surface area contributed by atoms with Gasteiger partial charge in [0.2, 0.25) is 0 Å². The molecule has 1 rings (SSSR count). The fraction of sp³-hybridized carbons (Fsp3) is 0.562. The van der Waals surface area contributed by atoms with Crippen LogP contribution in [0.3, 0.4) is 0 Å². The van der Waals surface area contributed by atoms with Gasteiger partial charge >= 0.3 is 17.9 Å². The van der Waals surface area contributed by atoms with Crippen LogP contribution in [0.25, 0.3) is 0 Å². The Morgan fingerprint density at radius 3 is 2.22 bits per heavy atom. The monoisotopic (exact) mass is 436 g/mol. The van der Waals surface area contributed by atoms with Gasteiger partial charge in [-0.05, 0) is 12.5 Å². The molecule has 0 bridgehead atoms. The first-order chi connectivity index (χ1) is 10.7. The minimum Gasteiger partial charge on any atom is -0.452 e. The normalized spacial score (nSPS) is 23.4. The van der Waals surface area contributed by atoms with Gasteiger partial charge in [0.15, 0.2) is 17.6 Å². The summed E-state index contributed by atoms with van der Waals surface area (Å²) in [5.41, 5.74) is 0. The number of carbonyl (C=O) groups excluding carboxylic acids is 3. The quantitative estimate of drug-likeness (QED) is 0.276. The Labute approximate surface area is 149 Å². The van der Waals surface area contributed by atoms with Gasteiger partial charge in [-0.1, -0.05) is 48.4 Å². The van der Waals surface area contributed by atoms with E-state index in [-0.39, 0.29) is 11.5 Å². The van der Waals surface area contributed by atoms with Crippen LogP contribution in [0.4, 0.5) is 0 Å². The maximum atomic E-state index is 11.5. The Morgan fingerprint density at radius 1 is 1.13 bits per heavy atom. The lowest BCUT2D eigenvalue weighted by Gasteiger charge is -2.36. The summed E-state index contributed by atoms with van der Waals surface area (Å²) in [6.45, 7) is 5.82. The van der Waals surface area contributed by atoms with Crippen molar-refractivity contribution in [1.29, 1.82) is 0 Å². The van der Waals surface area contributed by atoms with Gasteiger partial charge < -0.3 is 14.2 Å². The second-order valence-electron chi connectivity index (χ2n) is 5.27. The van der Waals surface area contributed by atoms with Crippen molar-refractivity contribution in [2.45, 2.75) is 56.5 Å². The summed E-state index contributed by atoms with van der Waals surface area (Å²) < 4.78 is 15.1. The molecule has 23 heavy (non-hydrogen) atoms. The summed E-state index contributed by atoms with van der Waals surface area (Å²) in [5, 5.41) is 0. The first-order valence-electron chi connectivity index (χ1n) is 7.36. The lowest BCUT2D eigenvalue weighted by atomic mass is 9.90. The van der Waals surface area contributed by atoms with Crippen LogP contribution < -0.4 is 0 Å². The maximum Gasteiger partial charge on any atom is 0.308 e. The van der Waals surface area contributed by atoms with Gasteiger partial charge in [-0.15, -0.1) is 0 Å². The predicted octanol–water partition coefficient (Wildman–Crippen LogP) is 3.19. The van der Waals surface area contributed by atoms with Crippen LogP contribution in [-0.4, -0.2) is 27.4 Å². The van der Waals surface area contributed by atoms with E-state index < -0.39 is 27.4 Å². The van der Waals surface area contributed by atoms with Crippen molar-refractivity contribution >= 4 is 40.5 Å². The minimum absolute atomic E-state index is 0.0518. The molecule has 128 valence electrons. The number of esters is 3. The second-order valence-corrected chi connectivity index (χ2v) is 7.28. The highest BCUT2D eigenvalue weighted by molar-refractivity contribution is 14.1. The lowest BCUT2D eigenvalue weighted by molar-refractivity contribution is -0.152. The number of rotatable bonds is 6. The van der Waals surface area contributed by atoms with E-state index in [1.165, 1.54) is 20.8 Å². The topological polar surface area (TPSA) is 78.9 Å². The van der Waals surface area contributed by atoms with Crippen molar-refractivity contribution < 1.29 is 28.6 Å². The maximum absolute atomic E-state index is 11.5. The second kappa shape index (κ2) is 8.47. The Balaban J connectivity index is 3.30. The Morgan fingerprint density at radius 2 is 1.74 bits per heavy atom. The zero-order valence-corrected chi connectivity index (χ0v) is 15.8. The molecule has 1 aliphatic carbocycles. The van der Waals surface area contributed by atoms with Crippen LogP contribution >= 0.6 is 22.6 Å². The van der Waals surface area contributed by atoms with E-state index in [1.807, 2.05) is 6.08 Å². The number of hydrogen-bond donors (Lipinski definition) is 0. The van der Waals surface area contributed by atoms with Crippen molar-refractivity contribution in [3.63, 3.8) is 0 Å². The molecule has 6 nitrogen and oxygen atoms in total. The average Bonchev–Trinajstić information content (AvgIpc) is 2.43. The van der Waals surface area contributed by atoms with Gasteiger partial charge in [-0.2, -0.15) is 0 Å². The van der Waals surface area contributed by atoms with E-state index in [0.29, 0.717) is 0 Å². The molecule has 0 heterocycles. The minimum atomic E-state index is -0.838. The molecule has 0 saturated carbocycles. The molecule has 0 aliphatic heterocycles. The molecule has 0 fully saturated rings. The van der Waals surface area contributed by atoms with Crippen LogP contribution in [0.1, 0.15) is 47.0 Å². The van der Waals surface area contributed by atoms with Crippen LogP contribution in [0, 0.1) is 0 Å². The van der Waals surface area contributed by atoms with Gasteiger partial charge in [-0.3, -0.25) is 14.4 Å². The van der Waals surface area contributed by atoms with Gasteiger partial charge in [0.05, 0.1) is 3.42 Å². The standard InChI is InChI=1S/C16H21IO6/c1-5-6-8-16(17)9-7-13(21-10(2)18)14(22-11(3)19)15(16)23-12(4)20/h7,9,15H,5-6,8H2,1-4H3. The molecule has 0 radical (unpaired) electrons. The molecule has 0 amide bonds. The highest BCUT2D eigenvalue weighted by atomic mass is 127. The van der Waals surface area contributed by atoms with Crippen molar-refractivity contribution in [3.05, 3.63) is 23.7 Å². The molecular weight excluding hydrogens is 415 g/mol. The summed E-state index contributed by atoms with van der Waals surface area (Å²) in [6, 6.07) is 0. The number of hydrogen-bond acceptors (Lipinski definition) is 6. The zero-order chi connectivity index (χ0) is 17.6. The number of halogens is 1. The number of carbonyl (C=O) groups is 3. The lowest BCUT2D eigenvalue weighted by Crippen LogP contribution is -2.43. The number of ether oxygens (including phenoxy) is 3. The van der Waals surface area contributed by atoms with Crippen molar-refractivity contribution in [2.75, 3.05) is 0 Å². The van der Waals surface area contributed by atoms with E-state index in [0.717, 1.165) is 19.3 Å². The van der Waals surface area contributed by atoms with Gasteiger partial charge in [0.25, 0.3) is 0 Å². The summed E-state index contributed by atoms with van der Waals surface area (Å²) in [4.78, 5) is 34.2. The van der Waals surface area contributed by atoms with Crippen molar-refractivity contribution in [3.8, 4) is 0 Å². The van der Waals surface area contributed by atoms with Gasteiger partial charge in [-0.25, -0.2) is 0 Å². The SMILES string of the molecule is CCCCC1(I)C=CC(OC(C)=O)=C(OC(C)=O)C1OC(C)=O. The van der Waals surface area contributed by atoms with Crippen LogP contribution in [0.15, 0.2) is 23.7 Å². The highest BCUT2D eigenvalue weighted by Gasteiger charge is 2.44. The third-order valence-electron chi connectivity index (χ3n) is 3.13. The van der Waals surface area contributed by atoms with Crippen LogP contribution in [-0.2, 0) is 28.6 Å². The molecule has 0 N–H and O–H groups in total. The third kappa shape index (κ3) is 5.63. The van der Waals surface area contributed by atoms with Gasteiger partial charge in [0, 0.05) is 20.8 Å². The predicted molar refractivity (Wildman–Crippen MR) is 91.5 cm³/mol. The summed E-state index contributed by atoms with van der Waals surface area (Å²) in [6.07, 6.45) is 5.16. The van der Waals surface area contributed by atoms with E-state index in [9.17, 15) is 14.4 Å². The summed E-state index contributed by atoms with van der Waals surface area (Å²) in [5.74, 6) is -1.50. The Hall–Kier alpha value is -1.38. The van der Waals surface area contributed by atoms with E-state index in [1.54, 1.807) is 6.08 Å². The van der Waals surface area contributed by atoms with Crippen molar-refractivity contribution in [1.82, 2.24) is 0 Å². The number of unbranched alkanes of at least 4 members (excludes halogenated alkanes) is 1. The summed E-state index contributed by atoms with van der Waals surface area (Å²) in [7, 11) is 0. The number of allylic oxidation sites excluding steroid dienone is 1. The molecule has 2 unspecified atom stereocenters. The van der Waals surface area contributed by atoms with Crippen molar-refractivity contribution in [2.24, 2.45) is 0 Å². The molecule has 0 aromatic rings. The smallest absolute Gasteiger partial charge is 0.308 e. The van der Waals surface area contributed by atoms with Crippen LogP contribution in [0.5, 0.6) is 0 Å². The fourth-order valence-electron chi connectivity index (χ4n) is 2.21. The molecular formula is C16H21IO6. The first-order valence-corrected chi connectivity index (χ1v) is 8.44. The largest absolute Gasteiger partial charge is 0.452 e. The first kappa shape index (κ1) is 19.7. The highest BCUT2D eigenvalue weighted by Crippen LogP contribution is 2.41. The molecule has 0 saturated heterocycles. The van der Waals surface area contributed by atoms with E-state index in [4.69, 9.17) is 14.2 Å². The molecule has 0 spiro atoms. The molecule has 1 aliphatic rings. The molecule has 0 aromatic heterocycles. The fourth-order valence-corrected chi connectivity index (χ4v) is 3.18. The average molecular weight is 436 g/mol. The molecule has 0 aromatic carbocycles. The molecule has 7 heteroatoms. The Kier molecular flexibility index (Phi) is 7.24. The zero-order valence-electron chi connectivity index (χ0n) is 13.7. The van der Waals surface area contributed by atoms with E-state index >= 15 is 0 Å². The van der Waals surface area contributed by atoms with Crippen LogP contribution in [0.2, 0.25) is 0 Å². The third-order valence-corrected chi connectivity index (χ3v) is 4.60. The van der Waals surface area contributed by atoms with E-state index in [2.05, 4.69) is 29.5 Å². The van der Waals surface area contributed by atoms with Gasteiger partial charge in [0.1, 0.15) is 0 Å². The molecule has 2 atom stereocenters.